The van der Waals surface area contributed by atoms with Gasteiger partial charge in [0.2, 0.25) is 5.95 Å². The quantitative estimate of drug-likeness (QED) is 0.249. The van der Waals surface area contributed by atoms with Gasteiger partial charge in [0.05, 0.1) is 65.9 Å². The number of hydrogen-bond donors (Lipinski definition) is 2. The van der Waals surface area contributed by atoms with Gasteiger partial charge in [-0.25, -0.2) is 27.8 Å². The van der Waals surface area contributed by atoms with Crippen molar-refractivity contribution < 1.29 is 30.7 Å². The summed E-state index contributed by atoms with van der Waals surface area (Å²) in [5, 5.41) is 4.08. The van der Waals surface area contributed by atoms with Gasteiger partial charge in [0, 0.05) is 41.9 Å². The number of anilines is 3. The first-order valence-electron chi connectivity index (χ1n) is 16.9. The predicted octanol–water partition coefficient (Wildman–Crippen LogP) is 4.44. The largest absolute Gasteiger partial charge is 0.496 e. The van der Waals surface area contributed by atoms with E-state index in [1.807, 2.05) is 12.1 Å². The van der Waals surface area contributed by atoms with Crippen LogP contribution in [0, 0.1) is 11.2 Å². The summed E-state index contributed by atoms with van der Waals surface area (Å²) >= 11 is 1.41. The number of ether oxygens (including phenoxy) is 2. The molecular weight excluding hydrogens is 718 g/mol. The summed E-state index contributed by atoms with van der Waals surface area (Å²) in [6, 6.07) is 12.2. The molecule has 2 bridgehead atoms. The molecule has 1 spiro atoms. The van der Waals surface area contributed by atoms with E-state index in [0.717, 1.165) is 41.9 Å². The van der Waals surface area contributed by atoms with Gasteiger partial charge < -0.3 is 19.7 Å². The van der Waals surface area contributed by atoms with Crippen LogP contribution in [-0.4, -0.2) is 86.0 Å². The van der Waals surface area contributed by atoms with E-state index in [1.165, 1.54) is 21.7 Å². The average Bonchev–Trinajstić information content (AvgIpc) is 3.78. The molecule has 1 aliphatic carbocycles. The number of morpholine rings is 1. The van der Waals surface area contributed by atoms with E-state index in [1.54, 1.807) is 37.6 Å². The Morgan fingerprint density at radius 3 is 2.55 bits per heavy atom. The molecule has 0 amide bonds. The fourth-order valence-corrected chi connectivity index (χ4v) is 13.0. The number of aromatic nitrogens is 3. The minimum Gasteiger partial charge on any atom is -0.496 e. The van der Waals surface area contributed by atoms with Crippen molar-refractivity contribution in [3.63, 3.8) is 0 Å². The molecule has 4 aromatic rings. The lowest BCUT2D eigenvalue weighted by Gasteiger charge is -2.53. The molecule has 9 rings (SSSR count). The van der Waals surface area contributed by atoms with Crippen LogP contribution in [0.25, 0.3) is 21.8 Å². The molecule has 3 saturated heterocycles. The third-order valence-electron chi connectivity index (χ3n) is 10.7. The maximum absolute atomic E-state index is 16.6. The van der Waals surface area contributed by atoms with Crippen LogP contribution < -0.4 is 19.7 Å². The van der Waals surface area contributed by atoms with E-state index in [0.29, 0.717) is 41.2 Å². The molecule has 17 heteroatoms. The molecule has 1 saturated carbocycles. The van der Waals surface area contributed by atoms with Crippen molar-refractivity contribution in [1.82, 2.24) is 19.3 Å². The van der Waals surface area contributed by atoms with Gasteiger partial charge in [-0.3, -0.25) is 4.72 Å². The number of methoxy groups -OCH3 is 1. The van der Waals surface area contributed by atoms with Crippen LogP contribution in [0.1, 0.15) is 36.8 Å². The molecule has 268 valence electrons. The zero-order valence-electron chi connectivity index (χ0n) is 27.7. The van der Waals surface area contributed by atoms with Gasteiger partial charge in [-0.2, -0.15) is 12.7 Å². The van der Waals surface area contributed by atoms with E-state index >= 15 is 4.39 Å². The number of rotatable bonds is 9. The van der Waals surface area contributed by atoms with Gasteiger partial charge in [-0.1, -0.05) is 29.5 Å². The highest BCUT2D eigenvalue weighted by Crippen LogP contribution is 2.51. The number of hydrogen-bond acceptors (Lipinski definition) is 12. The van der Waals surface area contributed by atoms with Gasteiger partial charge in [0.15, 0.2) is 20.8 Å². The number of benzene rings is 2. The van der Waals surface area contributed by atoms with Gasteiger partial charge in [-0.15, -0.1) is 0 Å². The maximum Gasteiger partial charge on any atom is 0.302 e. The molecule has 4 aliphatic heterocycles. The molecule has 0 unspecified atom stereocenters. The first-order valence-corrected chi connectivity index (χ1v) is 21.0. The van der Waals surface area contributed by atoms with E-state index < -0.39 is 25.9 Å². The standard InChI is InChI=1S/C34H36FN7O6S3/c1-47-28-7-2-4-20-14-41(15-25(20)28)51(45,46)40-26-6-3-5-24(29(26)35)30-31(49-33(39-30)42-22-8-9-23(42)17-48-16-22)27-10-11-36-32(38-27)37-21-12-34(13-21)18-50(43,44)19-34/h2-7,10-11,21-23,40H,8-9,12-19H2,1H3,(H,36,37,38)/t22-,23+. The zero-order chi connectivity index (χ0) is 35.1. The zero-order valence-corrected chi connectivity index (χ0v) is 30.2. The summed E-state index contributed by atoms with van der Waals surface area (Å²) in [6.07, 6.45) is 5.05. The minimum atomic E-state index is -4.15. The molecular formula is C34H36FN7O6S3. The minimum absolute atomic E-state index is 0.0582. The molecule has 0 radical (unpaired) electrons. The van der Waals surface area contributed by atoms with E-state index in [9.17, 15) is 16.8 Å². The van der Waals surface area contributed by atoms with Crippen LogP contribution >= 0.6 is 11.3 Å². The summed E-state index contributed by atoms with van der Waals surface area (Å²) in [4.78, 5) is 17.2. The summed E-state index contributed by atoms with van der Waals surface area (Å²) in [5.41, 5.74) is 2.32. The van der Waals surface area contributed by atoms with Gasteiger partial charge in [0.1, 0.15) is 5.75 Å². The number of fused-ring (bicyclic) bond motifs is 3. The molecule has 51 heavy (non-hydrogen) atoms. The smallest absolute Gasteiger partial charge is 0.302 e. The number of sulfone groups is 1. The molecule has 2 aromatic heterocycles. The lowest BCUT2D eigenvalue weighted by Crippen LogP contribution is -2.60. The predicted molar refractivity (Wildman–Crippen MR) is 191 cm³/mol. The van der Waals surface area contributed by atoms with E-state index in [2.05, 4.69) is 19.9 Å². The monoisotopic (exact) mass is 753 g/mol. The van der Waals surface area contributed by atoms with Crippen LogP contribution in [-0.2, 0) is 37.9 Å². The summed E-state index contributed by atoms with van der Waals surface area (Å²) in [6.45, 7) is 1.41. The first-order chi connectivity index (χ1) is 24.5. The fourth-order valence-electron chi connectivity index (χ4n) is 8.39. The molecule has 6 heterocycles. The Morgan fingerprint density at radius 1 is 1.04 bits per heavy atom. The second-order valence-corrected chi connectivity index (χ2v) is 18.9. The van der Waals surface area contributed by atoms with Crippen LogP contribution in [0.5, 0.6) is 5.75 Å². The highest BCUT2D eigenvalue weighted by molar-refractivity contribution is 7.92. The third kappa shape index (κ3) is 5.82. The normalized spacial score (nSPS) is 23.5. The van der Waals surface area contributed by atoms with Crippen molar-refractivity contribution in [2.24, 2.45) is 5.41 Å². The Bertz CT molecular complexity index is 2230. The Balaban J connectivity index is 1.03. The van der Waals surface area contributed by atoms with Gasteiger partial charge in [-0.05, 0) is 55.5 Å². The Kier molecular flexibility index (Phi) is 7.81. The molecule has 2 aromatic carbocycles. The van der Waals surface area contributed by atoms with E-state index in [4.69, 9.17) is 19.4 Å². The topological polar surface area (TPSA) is 156 Å². The number of nitrogens with zero attached hydrogens (tertiary/aromatic N) is 5. The Morgan fingerprint density at radius 2 is 1.80 bits per heavy atom. The van der Waals surface area contributed by atoms with Crippen LogP contribution in [0.3, 0.4) is 0 Å². The summed E-state index contributed by atoms with van der Waals surface area (Å²) in [7, 11) is -5.52. The van der Waals surface area contributed by atoms with E-state index in [-0.39, 0.29) is 59.4 Å². The SMILES string of the molecule is COc1cccc2c1CN(S(=O)(=O)Nc1cccc(-c3nc(N4[C@@H]5CC[C@H]4COC5)sc3-c3ccnc(NC4CC5(C4)CS(=O)(=O)C5)n3)c1F)C2. The lowest BCUT2D eigenvalue weighted by molar-refractivity contribution is 0.0906. The fraction of sp³-hybridized carbons (Fsp3) is 0.441. The highest BCUT2D eigenvalue weighted by atomic mass is 32.2. The molecule has 2 N–H and O–H groups in total. The van der Waals surface area contributed by atoms with Crippen LogP contribution in [0.15, 0.2) is 48.7 Å². The molecule has 2 atom stereocenters. The van der Waals surface area contributed by atoms with Crippen molar-refractivity contribution in [2.75, 3.05) is 46.8 Å². The van der Waals surface area contributed by atoms with Crippen molar-refractivity contribution >= 4 is 48.2 Å². The lowest BCUT2D eigenvalue weighted by atomic mass is 9.67. The Labute approximate surface area is 299 Å². The number of halogens is 1. The number of thiazole rings is 1. The van der Waals surface area contributed by atoms with Gasteiger partial charge >= 0.3 is 10.2 Å². The van der Waals surface area contributed by atoms with Crippen LogP contribution in [0.4, 0.5) is 21.2 Å². The Hall–Kier alpha value is -3.90. The molecule has 4 fully saturated rings. The van der Waals surface area contributed by atoms with Gasteiger partial charge in [0.25, 0.3) is 0 Å². The highest BCUT2D eigenvalue weighted by Gasteiger charge is 2.56. The van der Waals surface area contributed by atoms with Crippen molar-refractivity contribution in [3.05, 3.63) is 65.6 Å². The number of nitrogens with one attached hydrogen (secondary N) is 2. The van der Waals surface area contributed by atoms with Crippen molar-refractivity contribution in [1.29, 1.82) is 0 Å². The first kappa shape index (κ1) is 33.0. The second-order valence-electron chi connectivity index (χ2n) is 14.2. The van der Waals surface area contributed by atoms with Crippen molar-refractivity contribution in [3.8, 4) is 27.6 Å². The average molecular weight is 754 g/mol. The summed E-state index contributed by atoms with van der Waals surface area (Å²) < 4.78 is 82.4. The maximum atomic E-state index is 16.6. The third-order valence-corrected chi connectivity index (χ3v) is 15.3. The summed E-state index contributed by atoms with van der Waals surface area (Å²) in [5.74, 6) is 0.716. The molecule has 13 nitrogen and oxygen atoms in total. The second kappa shape index (κ2) is 12.1. The van der Waals surface area contributed by atoms with Crippen LogP contribution in [0.2, 0.25) is 0 Å². The molecule has 5 aliphatic rings. The van der Waals surface area contributed by atoms with Crippen molar-refractivity contribution in [2.45, 2.75) is 56.9 Å².